The number of carbonyl (C=O) groups excluding carboxylic acids is 2. The lowest BCUT2D eigenvalue weighted by Gasteiger charge is -2.31. The standard InChI is InChI=1S/C21H23ClFN3O4/c1-13-18(21(28)26-8-10-29-11-9-26)24-19(30-13)14-4-6-25(7-5-14)20(27)16-12-15(23)2-3-17(16)22/h2-3,12,14H,4-11H2,1H3. The van der Waals surface area contributed by atoms with Gasteiger partial charge in [0.2, 0.25) is 0 Å². The van der Waals surface area contributed by atoms with Crippen molar-refractivity contribution in [3.63, 3.8) is 0 Å². The molecule has 1 aromatic heterocycles. The van der Waals surface area contributed by atoms with E-state index in [2.05, 4.69) is 4.98 Å². The number of carbonyl (C=O) groups is 2. The number of likely N-dealkylation sites (tertiary alicyclic amines) is 1. The van der Waals surface area contributed by atoms with Gasteiger partial charge in [-0.05, 0) is 38.0 Å². The average Bonchev–Trinajstić information content (AvgIpc) is 3.16. The Kier molecular flexibility index (Phi) is 6.06. The molecule has 0 saturated carbocycles. The fraction of sp³-hybridized carbons (Fsp3) is 0.476. The monoisotopic (exact) mass is 435 g/mol. The summed E-state index contributed by atoms with van der Waals surface area (Å²) in [6.45, 7) is 4.84. The molecule has 160 valence electrons. The zero-order chi connectivity index (χ0) is 21.3. The minimum Gasteiger partial charge on any atom is -0.445 e. The zero-order valence-corrected chi connectivity index (χ0v) is 17.5. The molecule has 0 radical (unpaired) electrons. The van der Waals surface area contributed by atoms with Crippen molar-refractivity contribution in [3.8, 4) is 0 Å². The topological polar surface area (TPSA) is 75.9 Å². The van der Waals surface area contributed by atoms with Gasteiger partial charge in [0.15, 0.2) is 11.6 Å². The van der Waals surface area contributed by atoms with E-state index in [1.54, 1.807) is 16.7 Å². The molecule has 2 amide bonds. The Hall–Kier alpha value is -2.45. The molecule has 0 N–H and O–H groups in total. The number of hydrogen-bond donors (Lipinski definition) is 0. The van der Waals surface area contributed by atoms with Gasteiger partial charge in [0.25, 0.3) is 11.8 Å². The van der Waals surface area contributed by atoms with Crippen LogP contribution in [0.2, 0.25) is 5.02 Å². The third-order valence-electron chi connectivity index (χ3n) is 5.60. The second kappa shape index (κ2) is 8.73. The first kappa shape index (κ1) is 20.8. The molecular weight excluding hydrogens is 413 g/mol. The van der Waals surface area contributed by atoms with Gasteiger partial charge < -0.3 is 19.0 Å². The Morgan fingerprint density at radius 2 is 1.77 bits per heavy atom. The number of morpholine rings is 1. The highest BCUT2D eigenvalue weighted by molar-refractivity contribution is 6.33. The van der Waals surface area contributed by atoms with Crippen LogP contribution >= 0.6 is 11.6 Å². The van der Waals surface area contributed by atoms with Crippen LogP contribution in [0.3, 0.4) is 0 Å². The fourth-order valence-corrected chi connectivity index (χ4v) is 4.07. The van der Waals surface area contributed by atoms with Crippen LogP contribution < -0.4 is 0 Å². The molecule has 4 rings (SSSR count). The normalized spacial score (nSPS) is 18.0. The second-order valence-electron chi connectivity index (χ2n) is 7.55. The first-order chi connectivity index (χ1) is 14.4. The van der Waals surface area contributed by atoms with Crippen molar-refractivity contribution < 1.29 is 23.1 Å². The smallest absolute Gasteiger partial charge is 0.276 e. The van der Waals surface area contributed by atoms with Crippen LogP contribution in [0.4, 0.5) is 4.39 Å². The Labute approximate surface area is 178 Å². The van der Waals surface area contributed by atoms with Gasteiger partial charge in [-0.2, -0.15) is 0 Å². The molecule has 3 heterocycles. The van der Waals surface area contributed by atoms with Crippen LogP contribution in [-0.4, -0.2) is 66.0 Å². The van der Waals surface area contributed by atoms with E-state index >= 15 is 0 Å². The molecule has 0 spiro atoms. The van der Waals surface area contributed by atoms with Crippen molar-refractivity contribution >= 4 is 23.4 Å². The molecule has 2 aliphatic rings. The minimum atomic E-state index is -0.495. The number of benzene rings is 1. The van der Waals surface area contributed by atoms with Crippen LogP contribution in [0.15, 0.2) is 22.6 Å². The molecule has 9 heteroatoms. The van der Waals surface area contributed by atoms with Gasteiger partial charge in [0.1, 0.15) is 11.6 Å². The van der Waals surface area contributed by atoms with Crippen LogP contribution in [0, 0.1) is 12.7 Å². The van der Waals surface area contributed by atoms with Crippen molar-refractivity contribution in [1.82, 2.24) is 14.8 Å². The lowest BCUT2D eigenvalue weighted by atomic mass is 9.96. The van der Waals surface area contributed by atoms with E-state index in [9.17, 15) is 14.0 Å². The maximum Gasteiger partial charge on any atom is 0.276 e. The molecule has 2 aromatic rings. The van der Waals surface area contributed by atoms with Crippen molar-refractivity contribution in [1.29, 1.82) is 0 Å². The molecule has 0 unspecified atom stereocenters. The fourth-order valence-electron chi connectivity index (χ4n) is 3.87. The quantitative estimate of drug-likeness (QED) is 0.739. The summed E-state index contributed by atoms with van der Waals surface area (Å²) < 4.78 is 24.6. The second-order valence-corrected chi connectivity index (χ2v) is 7.96. The van der Waals surface area contributed by atoms with Gasteiger partial charge in [-0.25, -0.2) is 9.37 Å². The molecule has 2 fully saturated rings. The molecule has 2 aliphatic heterocycles. The highest BCUT2D eigenvalue weighted by atomic mass is 35.5. The summed E-state index contributed by atoms with van der Waals surface area (Å²) in [6.07, 6.45) is 1.29. The summed E-state index contributed by atoms with van der Waals surface area (Å²) in [4.78, 5) is 33.3. The van der Waals surface area contributed by atoms with Crippen molar-refractivity contribution in [2.75, 3.05) is 39.4 Å². The Balaban J connectivity index is 1.41. The summed E-state index contributed by atoms with van der Waals surface area (Å²) in [5.74, 6) is 0.128. The van der Waals surface area contributed by atoms with Crippen molar-refractivity contribution in [2.24, 2.45) is 0 Å². The summed E-state index contributed by atoms with van der Waals surface area (Å²) >= 11 is 6.07. The van der Waals surface area contributed by atoms with E-state index in [1.807, 2.05) is 0 Å². The van der Waals surface area contributed by atoms with E-state index in [0.717, 1.165) is 6.07 Å². The van der Waals surface area contributed by atoms with Gasteiger partial charge in [-0.1, -0.05) is 11.6 Å². The lowest BCUT2D eigenvalue weighted by molar-refractivity contribution is 0.0298. The number of piperidine rings is 1. The third kappa shape index (κ3) is 4.20. The van der Waals surface area contributed by atoms with E-state index in [0.29, 0.717) is 69.6 Å². The van der Waals surface area contributed by atoms with Crippen LogP contribution in [0.5, 0.6) is 0 Å². The lowest BCUT2D eigenvalue weighted by Crippen LogP contribution is -2.41. The van der Waals surface area contributed by atoms with Crippen LogP contribution in [0.25, 0.3) is 0 Å². The maximum atomic E-state index is 13.5. The number of oxazole rings is 1. The van der Waals surface area contributed by atoms with Crippen LogP contribution in [-0.2, 0) is 4.74 Å². The summed E-state index contributed by atoms with van der Waals surface area (Å²) in [5.41, 5.74) is 0.512. The first-order valence-corrected chi connectivity index (χ1v) is 10.4. The Bertz CT molecular complexity index is 950. The van der Waals surface area contributed by atoms with Gasteiger partial charge in [-0.3, -0.25) is 9.59 Å². The van der Waals surface area contributed by atoms with Gasteiger partial charge in [0, 0.05) is 32.1 Å². The van der Waals surface area contributed by atoms with Crippen LogP contribution in [0.1, 0.15) is 51.3 Å². The number of nitrogens with zero attached hydrogens (tertiary/aromatic N) is 3. The van der Waals surface area contributed by atoms with Gasteiger partial charge >= 0.3 is 0 Å². The molecule has 1 aromatic carbocycles. The minimum absolute atomic E-state index is 0.0157. The molecule has 30 heavy (non-hydrogen) atoms. The Morgan fingerprint density at radius 3 is 2.47 bits per heavy atom. The predicted octanol–water partition coefficient (Wildman–Crippen LogP) is 3.27. The number of aryl methyl sites for hydroxylation is 1. The van der Waals surface area contributed by atoms with Crippen molar-refractivity contribution in [2.45, 2.75) is 25.7 Å². The zero-order valence-electron chi connectivity index (χ0n) is 16.7. The Morgan fingerprint density at radius 1 is 1.10 bits per heavy atom. The first-order valence-electron chi connectivity index (χ1n) is 10.0. The summed E-state index contributed by atoms with van der Waals surface area (Å²) in [6, 6.07) is 3.78. The molecule has 0 aliphatic carbocycles. The van der Waals surface area contributed by atoms with E-state index in [-0.39, 0.29) is 28.3 Å². The number of rotatable bonds is 3. The maximum absolute atomic E-state index is 13.5. The van der Waals surface area contributed by atoms with E-state index in [1.165, 1.54) is 12.1 Å². The number of ether oxygens (including phenoxy) is 1. The number of halogens is 2. The largest absolute Gasteiger partial charge is 0.445 e. The van der Waals surface area contributed by atoms with Gasteiger partial charge in [0.05, 0.1) is 23.8 Å². The molecule has 0 bridgehead atoms. The number of aromatic nitrogens is 1. The highest BCUT2D eigenvalue weighted by Crippen LogP contribution is 2.30. The van der Waals surface area contributed by atoms with Gasteiger partial charge in [-0.15, -0.1) is 0 Å². The number of amides is 2. The SMILES string of the molecule is Cc1oc(C2CCN(C(=O)c3cc(F)ccc3Cl)CC2)nc1C(=O)N1CCOCC1. The van der Waals surface area contributed by atoms with Crippen molar-refractivity contribution in [3.05, 3.63) is 51.9 Å². The highest BCUT2D eigenvalue weighted by Gasteiger charge is 2.31. The molecule has 7 nitrogen and oxygen atoms in total. The molecule has 2 saturated heterocycles. The molecule has 0 atom stereocenters. The van der Waals surface area contributed by atoms with E-state index in [4.69, 9.17) is 20.8 Å². The third-order valence-corrected chi connectivity index (χ3v) is 5.93. The predicted molar refractivity (Wildman–Crippen MR) is 107 cm³/mol. The average molecular weight is 436 g/mol. The summed E-state index contributed by atoms with van der Waals surface area (Å²) in [7, 11) is 0. The summed E-state index contributed by atoms with van der Waals surface area (Å²) in [5, 5.41) is 0.234. The molecular formula is C21H23ClFN3O4. The van der Waals surface area contributed by atoms with E-state index < -0.39 is 5.82 Å². The number of hydrogen-bond acceptors (Lipinski definition) is 5.